The van der Waals surface area contributed by atoms with Gasteiger partial charge in [0.05, 0.1) is 6.54 Å². The Labute approximate surface area is 155 Å². The first-order valence-corrected chi connectivity index (χ1v) is 10.0. The van der Waals surface area contributed by atoms with Gasteiger partial charge < -0.3 is 10.6 Å². The number of aromatic nitrogens is 2. The first kappa shape index (κ1) is 18.9. The van der Waals surface area contributed by atoms with Gasteiger partial charge in [-0.3, -0.25) is 19.5 Å². The van der Waals surface area contributed by atoms with Crippen molar-refractivity contribution in [3.63, 3.8) is 0 Å². The normalized spacial score (nSPS) is 20.0. The molecular formula is C19H31N5O2. The summed E-state index contributed by atoms with van der Waals surface area (Å²) in [6, 6.07) is 2.20. The molecule has 1 saturated heterocycles. The molecule has 1 aliphatic carbocycles. The number of piperidine rings is 1. The maximum Gasteiger partial charge on any atom is 0.252 e. The molecule has 2 aliphatic rings. The van der Waals surface area contributed by atoms with E-state index < -0.39 is 0 Å². The first-order valence-electron chi connectivity index (χ1n) is 10.0. The predicted molar refractivity (Wildman–Crippen MR) is 102 cm³/mol. The van der Waals surface area contributed by atoms with Crippen molar-refractivity contribution in [2.24, 2.45) is 0 Å². The maximum absolute atomic E-state index is 12.2. The van der Waals surface area contributed by atoms with Crippen LogP contribution in [0.1, 0.15) is 57.6 Å². The molecule has 1 amide bonds. The molecule has 7 nitrogen and oxygen atoms in total. The molecule has 1 aliphatic heterocycles. The number of aromatic amines is 1. The zero-order valence-electron chi connectivity index (χ0n) is 15.7. The van der Waals surface area contributed by atoms with Gasteiger partial charge in [0.2, 0.25) is 11.9 Å². The summed E-state index contributed by atoms with van der Waals surface area (Å²) in [7, 11) is 0. The average molecular weight is 361 g/mol. The second kappa shape index (κ2) is 9.16. The standard InChI is InChI=1S/C19H31N5O2/c1-2-14-12-17(25)23-19(21-14)22-16-8-10-24(11-9-16)13-18(26)20-15-6-4-3-5-7-15/h12,15-16H,2-11,13H2,1H3,(H,20,26)(H2,21,22,23,25). The van der Waals surface area contributed by atoms with Crippen LogP contribution in [0.15, 0.2) is 10.9 Å². The van der Waals surface area contributed by atoms with Crippen molar-refractivity contribution in [3.05, 3.63) is 22.1 Å². The molecule has 144 valence electrons. The molecule has 0 unspecified atom stereocenters. The molecule has 0 radical (unpaired) electrons. The van der Waals surface area contributed by atoms with E-state index >= 15 is 0 Å². The number of hydrogen-bond donors (Lipinski definition) is 3. The van der Waals surface area contributed by atoms with Crippen LogP contribution in [-0.4, -0.2) is 52.5 Å². The summed E-state index contributed by atoms with van der Waals surface area (Å²) in [5.74, 6) is 0.716. The van der Waals surface area contributed by atoms with Gasteiger partial charge in [0, 0.05) is 36.9 Å². The van der Waals surface area contributed by atoms with Gasteiger partial charge in [0.25, 0.3) is 5.56 Å². The number of likely N-dealkylation sites (tertiary alicyclic amines) is 1. The highest BCUT2D eigenvalue weighted by atomic mass is 16.2. The van der Waals surface area contributed by atoms with Crippen LogP contribution in [0.25, 0.3) is 0 Å². The van der Waals surface area contributed by atoms with Gasteiger partial charge in [-0.05, 0) is 32.1 Å². The topological polar surface area (TPSA) is 90.1 Å². The van der Waals surface area contributed by atoms with E-state index in [0.717, 1.165) is 50.9 Å². The van der Waals surface area contributed by atoms with Crippen molar-refractivity contribution in [1.29, 1.82) is 0 Å². The lowest BCUT2D eigenvalue weighted by molar-refractivity contribution is -0.123. The van der Waals surface area contributed by atoms with Crippen LogP contribution in [0.4, 0.5) is 5.95 Å². The van der Waals surface area contributed by atoms with Gasteiger partial charge >= 0.3 is 0 Å². The van der Waals surface area contributed by atoms with E-state index in [2.05, 4.69) is 25.5 Å². The van der Waals surface area contributed by atoms with E-state index in [1.54, 1.807) is 6.07 Å². The smallest absolute Gasteiger partial charge is 0.252 e. The van der Waals surface area contributed by atoms with E-state index in [1.165, 1.54) is 19.3 Å². The molecule has 1 saturated carbocycles. The molecule has 1 aromatic rings. The number of nitrogens with zero attached hydrogens (tertiary/aromatic N) is 2. The van der Waals surface area contributed by atoms with E-state index in [-0.39, 0.29) is 17.5 Å². The Morgan fingerprint density at radius 1 is 1.19 bits per heavy atom. The highest BCUT2D eigenvalue weighted by Gasteiger charge is 2.22. The van der Waals surface area contributed by atoms with E-state index in [1.807, 2.05) is 6.92 Å². The van der Waals surface area contributed by atoms with Crippen molar-refractivity contribution >= 4 is 11.9 Å². The number of anilines is 1. The van der Waals surface area contributed by atoms with Gasteiger partial charge in [-0.25, -0.2) is 4.98 Å². The third-order valence-electron chi connectivity index (χ3n) is 5.42. The predicted octanol–water partition coefficient (Wildman–Crippen LogP) is 1.66. The third kappa shape index (κ3) is 5.56. The van der Waals surface area contributed by atoms with Gasteiger partial charge in [-0.1, -0.05) is 26.2 Å². The molecule has 0 bridgehead atoms. The molecule has 0 atom stereocenters. The van der Waals surface area contributed by atoms with Crippen LogP contribution in [-0.2, 0) is 11.2 Å². The van der Waals surface area contributed by atoms with Crippen molar-refractivity contribution in [2.75, 3.05) is 25.0 Å². The first-order chi connectivity index (χ1) is 12.6. The minimum absolute atomic E-state index is 0.115. The van der Waals surface area contributed by atoms with Crippen LogP contribution < -0.4 is 16.2 Å². The monoisotopic (exact) mass is 361 g/mol. The Morgan fingerprint density at radius 3 is 2.62 bits per heavy atom. The molecule has 3 N–H and O–H groups in total. The van der Waals surface area contributed by atoms with Crippen LogP contribution in [0.2, 0.25) is 0 Å². The van der Waals surface area contributed by atoms with Crippen molar-refractivity contribution in [2.45, 2.75) is 70.4 Å². The Hall–Kier alpha value is -1.89. The van der Waals surface area contributed by atoms with Gasteiger partial charge in [0.1, 0.15) is 0 Å². The maximum atomic E-state index is 12.2. The van der Waals surface area contributed by atoms with Crippen molar-refractivity contribution < 1.29 is 4.79 Å². The summed E-state index contributed by atoms with van der Waals surface area (Å²) >= 11 is 0. The molecular weight excluding hydrogens is 330 g/mol. The van der Waals surface area contributed by atoms with Crippen LogP contribution in [0, 0.1) is 0 Å². The zero-order chi connectivity index (χ0) is 18.4. The lowest BCUT2D eigenvalue weighted by atomic mass is 9.95. The Bertz CT molecular complexity index is 646. The highest BCUT2D eigenvalue weighted by molar-refractivity contribution is 5.78. The fourth-order valence-corrected chi connectivity index (χ4v) is 3.91. The number of nitrogens with one attached hydrogen (secondary N) is 3. The largest absolute Gasteiger partial charge is 0.353 e. The Kier molecular flexibility index (Phi) is 6.66. The SMILES string of the molecule is CCc1cc(=O)[nH]c(NC2CCN(CC(=O)NC3CCCCC3)CC2)n1. The fraction of sp³-hybridized carbons (Fsp3) is 0.737. The molecule has 1 aromatic heterocycles. The number of carbonyl (C=O) groups is 1. The summed E-state index contributed by atoms with van der Waals surface area (Å²) in [4.78, 5) is 33.3. The molecule has 26 heavy (non-hydrogen) atoms. The minimum atomic E-state index is -0.115. The summed E-state index contributed by atoms with van der Waals surface area (Å²) in [5, 5.41) is 6.53. The Balaban J connectivity index is 1.41. The van der Waals surface area contributed by atoms with E-state index in [9.17, 15) is 9.59 Å². The summed E-state index contributed by atoms with van der Waals surface area (Å²) < 4.78 is 0. The number of H-pyrrole nitrogens is 1. The quantitative estimate of drug-likeness (QED) is 0.717. The lowest BCUT2D eigenvalue weighted by Gasteiger charge is -2.32. The summed E-state index contributed by atoms with van der Waals surface area (Å²) in [6.45, 7) is 4.24. The minimum Gasteiger partial charge on any atom is -0.353 e. The zero-order valence-corrected chi connectivity index (χ0v) is 15.7. The molecule has 7 heteroatoms. The summed E-state index contributed by atoms with van der Waals surface area (Å²) in [5.41, 5.74) is 0.684. The molecule has 2 heterocycles. The van der Waals surface area contributed by atoms with Crippen molar-refractivity contribution in [3.8, 4) is 0 Å². The van der Waals surface area contributed by atoms with Crippen molar-refractivity contribution in [1.82, 2.24) is 20.2 Å². The fourth-order valence-electron chi connectivity index (χ4n) is 3.91. The molecule has 0 spiro atoms. The average Bonchev–Trinajstić information content (AvgIpc) is 2.63. The second-order valence-electron chi connectivity index (χ2n) is 7.54. The summed E-state index contributed by atoms with van der Waals surface area (Å²) in [6.07, 6.45) is 8.64. The highest BCUT2D eigenvalue weighted by Crippen LogP contribution is 2.18. The molecule has 3 rings (SSSR count). The number of amides is 1. The molecule has 0 aromatic carbocycles. The van der Waals surface area contributed by atoms with Crippen LogP contribution in [0.5, 0.6) is 0 Å². The molecule has 2 fully saturated rings. The third-order valence-corrected chi connectivity index (χ3v) is 5.42. The number of rotatable bonds is 6. The number of hydrogen-bond acceptors (Lipinski definition) is 5. The van der Waals surface area contributed by atoms with Crippen LogP contribution >= 0.6 is 0 Å². The Morgan fingerprint density at radius 2 is 1.92 bits per heavy atom. The van der Waals surface area contributed by atoms with E-state index in [0.29, 0.717) is 18.5 Å². The second-order valence-corrected chi connectivity index (χ2v) is 7.54. The van der Waals surface area contributed by atoms with Gasteiger partial charge in [-0.15, -0.1) is 0 Å². The van der Waals surface area contributed by atoms with Gasteiger partial charge in [-0.2, -0.15) is 0 Å². The van der Waals surface area contributed by atoms with E-state index in [4.69, 9.17) is 0 Å². The number of aryl methyl sites for hydroxylation is 1. The lowest BCUT2D eigenvalue weighted by Crippen LogP contribution is -2.46. The van der Waals surface area contributed by atoms with Crippen LogP contribution in [0.3, 0.4) is 0 Å². The van der Waals surface area contributed by atoms with Gasteiger partial charge in [0.15, 0.2) is 0 Å². The number of carbonyl (C=O) groups excluding carboxylic acids is 1.